The Bertz CT molecular complexity index is 519. The topological polar surface area (TPSA) is 78.9 Å². The first-order valence-corrected chi connectivity index (χ1v) is 7.20. The van der Waals surface area contributed by atoms with Gasteiger partial charge in [0.15, 0.2) is 0 Å². The van der Waals surface area contributed by atoms with Crippen molar-refractivity contribution in [1.29, 1.82) is 0 Å². The summed E-state index contributed by atoms with van der Waals surface area (Å²) in [5, 5.41) is 11.7. The highest BCUT2D eigenvalue weighted by molar-refractivity contribution is 5.76. The van der Waals surface area contributed by atoms with E-state index in [2.05, 4.69) is 5.32 Å². The van der Waals surface area contributed by atoms with Crippen LogP contribution >= 0.6 is 0 Å². The minimum absolute atomic E-state index is 0.0674. The summed E-state index contributed by atoms with van der Waals surface area (Å²) in [6.07, 6.45) is 0.672. The van der Waals surface area contributed by atoms with Gasteiger partial charge in [-0.25, -0.2) is 4.79 Å². The minimum Gasteiger partial charge on any atom is -0.497 e. The Kier molecular flexibility index (Phi) is 6.69. The summed E-state index contributed by atoms with van der Waals surface area (Å²) in [6, 6.07) is 7.34. The van der Waals surface area contributed by atoms with E-state index in [1.165, 1.54) is 4.90 Å². The van der Waals surface area contributed by atoms with Gasteiger partial charge in [-0.05, 0) is 31.0 Å². The van der Waals surface area contributed by atoms with E-state index in [0.29, 0.717) is 6.42 Å². The Morgan fingerprint density at radius 1 is 1.36 bits per heavy atom. The molecule has 6 nitrogen and oxygen atoms in total. The van der Waals surface area contributed by atoms with Gasteiger partial charge in [-0.15, -0.1) is 0 Å². The molecule has 1 aromatic carbocycles. The third-order valence-corrected chi connectivity index (χ3v) is 3.36. The maximum atomic E-state index is 12.0. The molecule has 0 aromatic heterocycles. The van der Waals surface area contributed by atoms with Crippen molar-refractivity contribution in [3.63, 3.8) is 0 Å². The first-order chi connectivity index (χ1) is 10.3. The molecule has 0 radical (unpaired) electrons. The molecule has 22 heavy (non-hydrogen) atoms. The Hall–Kier alpha value is -2.24. The number of nitrogens with one attached hydrogen (secondary N) is 1. The standard InChI is InChI=1S/C16H24N2O4/c1-11(15(19)20)10-18(3)16(21)17-12(2)8-13-6-5-7-14(9-13)22-4/h5-7,9,11-12H,8,10H2,1-4H3,(H,17,21)(H,19,20). The fourth-order valence-electron chi connectivity index (χ4n) is 2.10. The molecule has 2 unspecified atom stereocenters. The zero-order chi connectivity index (χ0) is 16.7. The van der Waals surface area contributed by atoms with Crippen molar-refractivity contribution < 1.29 is 19.4 Å². The number of benzene rings is 1. The minimum atomic E-state index is -0.913. The summed E-state index contributed by atoms with van der Waals surface area (Å²) < 4.78 is 5.17. The summed E-state index contributed by atoms with van der Waals surface area (Å²) in [7, 11) is 3.20. The van der Waals surface area contributed by atoms with Crippen molar-refractivity contribution in [2.24, 2.45) is 5.92 Å². The lowest BCUT2D eigenvalue weighted by molar-refractivity contribution is -0.141. The molecule has 0 aliphatic rings. The van der Waals surface area contributed by atoms with Gasteiger partial charge in [-0.3, -0.25) is 4.79 Å². The fourth-order valence-corrected chi connectivity index (χ4v) is 2.10. The van der Waals surface area contributed by atoms with Gasteiger partial charge in [0, 0.05) is 19.6 Å². The number of amides is 2. The number of nitrogens with zero attached hydrogens (tertiary/aromatic N) is 1. The molecule has 0 saturated heterocycles. The summed E-state index contributed by atoms with van der Waals surface area (Å²) in [6.45, 7) is 3.66. The van der Waals surface area contributed by atoms with Crippen LogP contribution < -0.4 is 10.1 Å². The number of urea groups is 1. The zero-order valence-electron chi connectivity index (χ0n) is 13.5. The van der Waals surface area contributed by atoms with E-state index in [1.807, 2.05) is 31.2 Å². The lowest BCUT2D eigenvalue weighted by Crippen LogP contribution is -2.44. The number of methoxy groups -OCH3 is 1. The van der Waals surface area contributed by atoms with E-state index in [0.717, 1.165) is 11.3 Å². The number of carbonyl (C=O) groups is 2. The molecular weight excluding hydrogens is 284 g/mol. The lowest BCUT2D eigenvalue weighted by atomic mass is 10.1. The molecule has 0 fully saturated rings. The van der Waals surface area contributed by atoms with Gasteiger partial charge in [0.25, 0.3) is 0 Å². The van der Waals surface area contributed by atoms with Crippen LogP contribution in [0.2, 0.25) is 0 Å². The number of rotatable bonds is 7. The molecule has 0 spiro atoms. The average Bonchev–Trinajstić information content (AvgIpc) is 2.46. The number of hydrogen-bond donors (Lipinski definition) is 2. The van der Waals surface area contributed by atoms with Crippen molar-refractivity contribution in [3.05, 3.63) is 29.8 Å². The van der Waals surface area contributed by atoms with Gasteiger partial charge >= 0.3 is 12.0 Å². The van der Waals surface area contributed by atoms with Crippen LogP contribution in [0.25, 0.3) is 0 Å². The Morgan fingerprint density at radius 3 is 2.64 bits per heavy atom. The van der Waals surface area contributed by atoms with E-state index in [1.54, 1.807) is 21.1 Å². The number of carbonyl (C=O) groups excluding carboxylic acids is 1. The van der Waals surface area contributed by atoms with Crippen LogP contribution in [0.15, 0.2) is 24.3 Å². The molecule has 2 N–H and O–H groups in total. The van der Waals surface area contributed by atoms with E-state index < -0.39 is 11.9 Å². The van der Waals surface area contributed by atoms with Crippen LogP contribution in [0.4, 0.5) is 4.79 Å². The first-order valence-electron chi connectivity index (χ1n) is 7.20. The molecule has 6 heteroatoms. The van der Waals surface area contributed by atoms with Crippen LogP contribution in [0, 0.1) is 5.92 Å². The highest BCUT2D eigenvalue weighted by Gasteiger charge is 2.18. The number of hydrogen-bond acceptors (Lipinski definition) is 3. The number of ether oxygens (including phenoxy) is 1. The maximum Gasteiger partial charge on any atom is 0.317 e. The van der Waals surface area contributed by atoms with Crippen molar-refractivity contribution in [2.75, 3.05) is 20.7 Å². The molecule has 0 saturated carbocycles. The molecule has 122 valence electrons. The third-order valence-electron chi connectivity index (χ3n) is 3.36. The van der Waals surface area contributed by atoms with Crippen molar-refractivity contribution >= 4 is 12.0 Å². The summed E-state index contributed by atoms with van der Waals surface area (Å²) in [5.41, 5.74) is 1.06. The molecule has 0 bridgehead atoms. The van der Waals surface area contributed by atoms with Crippen LogP contribution in [-0.4, -0.2) is 48.8 Å². The quantitative estimate of drug-likeness (QED) is 0.807. The van der Waals surface area contributed by atoms with E-state index in [9.17, 15) is 9.59 Å². The molecule has 2 amide bonds. The predicted octanol–water partition coefficient (Wildman–Crippen LogP) is 1.99. The Morgan fingerprint density at radius 2 is 2.05 bits per heavy atom. The second kappa shape index (κ2) is 8.26. The Labute approximate surface area is 131 Å². The molecular formula is C16H24N2O4. The van der Waals surface area contributed by atoms with Crippen LogP contribution in [-0.2, 0) is 11.2 Å². The molecule has 1 rings (SSSR count). The maximum absolute atomic E-state index is 12.0. The highest BCUT2D eigenvalue weighted by Crippen LogP contribution is 2.14. The first kappa shape index (κ1) is 17.8. The van der Waals surface area contributed by atoms with Crippen LogP contribution in [0.5, 0.6) is 5.75 Å². The van der Waals surface area contributed by atoms with E-state index in [4.69, 9.17) is 9.84 Å². The normalized spacial score (nSPS) is 13.1. The van der Waals surface area contributed by atoms with Crippen LogP contribution in [0.3, 0.4) is 0 Å². The van der Waals surface area contributed by atoms with E-state index in [-0.39, 0.29) is 18.6 Å². The summed E-state index contributed by atoms with van der Waals surface area (Å²) in [4.78, 5) is 24.2. The molecule has 0 aliphatic carbocycles. The van der Waals surface area contributed by atoms with E-state index >= 15 is 0 Å². The second-order valence-corrected chi connectivity index (χ2v) is 5.53. The van der Waals surface area contributed by atoms with Gasteiger partial charge in [-0.2, -0.15) is 0 Å². The van der Waals surface area contributed by atoms with Crippen molar-refractivity contribution in [2.45, 2.75) is 26.3 Å². The monoisotopic (exact) mass is 308 g/mol. The van der Waals surface area contributed by atoms with Crippen molar-refractivity contribution in [3.8, 4) is 5.75 Å². The second-order valence-electron chi connectivity index (χ2n) is 5.53. The average molecular weight is 308 g/mol. The summed E-state index contributed by atoms with van der Waals surface area (Å²) in [5.74, 6) is -0.725. The molecule has 2 atom stereocenters. The van der Waals surface area contributed by atoms with Gasteiger partial charge in [0.2, 0.25) is 0 Å². The molecule has 1 aromatic rings. The summed E-state index contributed by atoms with van der Waals surface area (Å²) >= 11 is 0. The largest absolute Gasteiger partial charge is 0.497 e. The lowest BCUT2D eigenvalue weighted by Gasteiger charge is -2.23. The van der Waals surface area contributed by atoms with Gasteiger partial charge < -0.3 is 20.1 Å². The van der Waals surface area contributed by atoms with Crippen LogP contribution in [0.1, 0.15) is 19.4 Å². The van der Waals surface area contributed by atoms with Gasteiger partial charge in [0.1, 0.15) is 5.75 Å². The third kappa shape index (κ3) is 5.63. The van der Waals surface area contributed by atoms with Gasteiger partial charge in [-0.1, -0.05) is 19.1 Å². The number of aliphatic carboxylic acids is 1. The van der Waals surface area contributed by atoms with Crippen molar-refractivity contribution in [1.82, 2.24) is 10.2 Å². The SMILES string of the molecule is COc1cccc(CC(C)NC(=O)N(C)CC(C)C(=O)O)c1. The Balaban J connectivity index is 2.51. The zero-order valence-corrected chi connectivity index (χ0v) is 13.5. The molecule has 0 aliphatic heterocycles. The highest BCUT2D eigenvalue weighted by atomic mass is 16.5. The smallest absolute Gasteiger partial charge is 0.317 e. The number of carboxylic acid groups (broad SMARTS) is 1. The number of carboxylic acids is 1. The van der Waals surface area contributed by atoms with Gasteiger partial charge in [0.05, 0.1) is 13.0 Å². The fraction of sp³-hybridized carbons (Fsp3) is 0.500. The molecule has 0 heterocycles. The predicted molar refractivity (Wildman–Crippen MR) is 84.1 cm³/mol.